The molecule has 2 aromatic carbocycles. The van der Waals surface area contributed by atoms with Crippen LogP contribution in [0.1, 0.15) is 38.2 Å². The van der Waals surface area contributed by atoms with Gasteiger partial charge in [-0.25, -0.2) is 4.68 Å². The number of hydrogen-bond acceptors (Lipinski definition) is 6. The molecule has 0 aliphatic heterocycles. The number of ether oxygens (including phenoxy) is 2. The number of nitrogens with zero attached hydrogens (tertiary/aromatic N) is 3. The minimum Gasteiger partial charge on any atom is -0.507 e. The molecule has 34 heavy (non-hydrogen) atoms. The molecule has 0 unspecified atom stereocenters. The van der Waals surface area contributed by atoms with E-state index < -0.39 is 0 Å². The van der Waals surface area contributed by atoms with Crippen LogP contribution in [0.2, 0.25) is 0 Å². The van der Waals surface area contributed by atoms with Gasteiger partial charge in [-0.1, -0.05) is 38.0 Å². The molecule has 182 valence electrons. The van der Waals surface area contributed by atoms with Gasteiger partial charge in [0.2, 0.25) is 0 Å². The Hall–Kier alpha value is -3.32. The van der Waals surface area contributed by atoms with Crippen LogP contribution in [0.4, 0.5) is 0 Å². The summed E-state index contributed by atoms with van der Waals surface area (Å²) in [6, 6.07) is 16.3. The van der Waals surface area contributed by atoms with Crippen molar-refractivity contribution in [2.45, 2.75) is 45.7 Å². The molecule has 3 rings (SSSR count). The molecule has 0 saturated heterocycles. The highest BCUT2D eigenvalue weighted by Crippen LogP contribution is 2.30. The zero-order valence-corrected chi connectivity index (χ0v) is 20.4. The lowest BCUT2D eigenvalue weighted by Gasteiger charge is -2.21. The third-order valence-corrected chi connectivity index (χ3v) is 5.97. The van der Waals surface area contributed by atoms with Crippen LogP contribution < -0.4 is 15.0 Å². The van der Waals surface area contributed by atoms with E-state index in [1.165, 1.54) is 16.3 Å². The van der Waals surface area contributed by atoms with Crippen molar-refractivity contribution < 1.29 is 14.6 Å². The Balaban J connectivity index is 1.48. The van der Waals surface area contributed by atoms with Crippen LogP contribution in [-0.2, 0) is 13.1 Å². The highest BCUT2D eigenvalue weighted by atomic mass is 16.5. The van der Waals surface area contributed by atoms with Gasteiger partial charge in [0.25, 0.3) is 5.56 Å². The number of aryl methyl sites for hydroxylation is 1. The van der Waals surface area contributed by atoms with Gasteiger partial charge >= 0.3 is 0 Å². The predicted molar refractivity (Wildman–Crippen MR) is 135 cm³/mol. The fourth-order valence-electron chi connectivity index (χ4n) is 3.97. The Morgan fingerprint density at radius 2 is 1.76 bits per heavy atom. The van der Waals surface area contributed by atoms with Crippen molar-refractivity contribution >= 4 is 0 Å². The summed E-state index contributed by atoms with van der Waals surface area (Å²) in [5.41, 5.74) is 2.16. The molecular weight excluding hydrogens is 430 g/mol. The zero-order chi connectivity index (χ0) is 24.3. The third kappa shape index (κ3) is 6.84. The quantitative estimate of drug-likeness (QED) is 0.368. The summed E-state index contributed by atoms with van der Waals surface area (Å²) in [5.74, 6) is 1.66. The highest BCUT2D eigenvalue weighted by molar-refractivity contribution is 5.68. The van der Waals surface area contributed by atoms with Gasteiger partial charge in [0.15, 0.2) is 0 Å². The first-order valence-electron chi connectivity index (χ1n) is 11.9. The predicted octanol–water partition coefficient (Wildman–Crippen LogP) is 4.72. The molecule has 0 fully saturated rings. The van der Waals surface area contributed by atoms with E-state index in [0.29, 0.717) is 23.6 Å². The average Bonchev–Trinajstić information content (AvgIpc) is 2.87. The number of unbranched alkanes of at least 4 members (excludes halogenated alkanes) is 3. The van der Waals surface area contributed by atoms with Crippen LogP contribution in [-0.4, -0.2) is 47.1 Å². The molecule has 0 aliphatic carbocycles. The molecule has 1 aromatic heterocycles. The van der Waals surface area contributed by atoms with Crippen LogP contribution >= 0.6 is 0 Å². The van der Waals surface area contributed by atoms with E-state index in [4.69, 9.17) is 9.47 Å². The molecular formula is C27H35N3O4. The monoisotopic (exact) mass is 465 g/mol. The Bertz CT molecular complexity index is 1110. The largest absolute Gasteiger partial charge is 0.507 e. The maximum atomic E-state index is 12.3. The number of rotatable bonds is 13. The number of aromatic nitrogens is 2. The summed E-state index contributed by atoms with van der Waals surface area (Å²) in [4.78, 5) is 14.7. The maximum Gasteiger partial charge on any atom is 0.266 e. The molecule has 0 spiro atoms. The summed E-state index contributed by atoms with van der Waals surface area (Å²) >= 11 is 0. The van der Waals surface area contributed by atoms with Gasteiger partial charge in [0.1, 0.15) is 17.2 Å². The number of methoxy groups -OCH3 is 2. The molecule has 0 atom stereocenters. The number of hydrogen-bond donors (Lipinski definition) is 1. The van der Waals surface area contributed by atoms with E-state index in [-0.39, 0.29) is 11.3 Å². The van der Waals surface area contributed by atoms with Gasteiger partial charge in [0, 0.05) is 30.3 Å². The Morgan fingerprint density at radius 3 is 2.53 bits per heavy atom. The molecule has 1 N–H and O–H groups in total. The van der Waals surface area contributed by atoms with E-state index in [1.54, 1.807) is 38.5 Å². The standard InChI is InChI=1S/C27H35N3O4/c1-4-29(20-21-11-7-8-12-26(21)34-3)17-9-5-6-10-18-30-27(32)16-14-24(28-30)23-19-22(33-2)13-15-25(23)31/h7-8,11-16,19,31H,4-6,9-10,17-18,20H2,1-3H3. The minimum atomic E-state index is -0.139. The molecule has 0 aliphatic rings. The maximum absolute atomic E-state index is 12.3. The lowest BCUT2D eigenvalue weighted by molar-refractivity contribution is 0.267. The molecule has 3 aromatic rings. The van der Waals surface area contributed by atoms with E-state index in [9.17, 15) is 9.90 Å². The Morgan fingerprint density at radius 1 is 0.971 bits per heavy atom. The molecule has 1 heterocycles. The van der Waals surface area contributed by atoms with Crippen molar-refractivity contribution in [1.29, 1.82) is 0 Å². The fourth-order valence-corrected chi connectivity index (χ4v) is 3.97. The lowest BCUT2D eigenvalue weighted by Crippen LogP contribution is -2.24. The Labute approximate surface area is 201 Å². The number of phenolic OH excluding ortho intramolecular Hbond substituents is 1. The fraction of sp³-hybridized carbons (Fsp3) is 0.407. The average molecular weight is 466 g/mol. The topological polar surface area (TPSA) is 76.8 Å². The van der Waals surface area contributed by atoms with Crippen LogP contribution in [0, 0.1) is 0 Å². The summed E-state index contributed by atoms with van der Waals surface area (Å²) < 4.78 is 12.2. The molecule has 0 radical (unpaired) electrons. The number of benzene rings is 2. The van der Waals surface area contributed by atoms with Crippen LogP contribution in [0.5, 0.6) is 17.2 Å². The third-order valence-electron chi connectivity index (χ3n) is 5.97. The van der Waals surface area contributed by atoms with Crippen molar-refractivity contribution in [2.75, 3.05) is 27.3 Å². The van der Waals surface area contributed by atoms with Crippen molar-refractivity contribution in [1.82, 2.24) is 14.7 Å². The Kier molecular flexibility index (Phi) is 9.52. The molecule has 0 amide bonds. The van der Waals surface area contributed by atoms with Crippen LogP contribution in [0.25, 0.3) is 11.3 Å². The van der Waals surface area contributed by atoms with Gasteiger partial charge in [-0.2, -0.15) is 5.10 Å². The van der Waals surface area contributed by atoms with E-state index in [0.717, 1.165) is 51.1 Å². The minimum absolute atomic E-state index is 0.104. The van der Waals surface area contributed by atoms with Crippen molar-refractivity contribution in [3.63, 3.8) is 0 Å². The van der Waals surface area contributed by atoms with Crippen molar-refractivity contribution in [3.8, 4) is 28.5 Å². The summed E-state index contributed by atoms with van der Waals surface area (Å²) in [6.07, 6.45) is 4.09. The zero-order valence-electron chi connectivity index (χ0n) is 20.4. The van der Waals surface area contributed by atoms with Crippen molar-refractivity contribution in [3.05, 3.63) is 70.5 Å². The van der Waals surface area contributed by atoms with E-state index in [2.05, 4.69) is 23.0 Å². The summed E-state index contributed by atoms with van der Waals surface area (Å²) in [6.45, 7) is 5.62. The summed E-state index contributed by atoms with van der Waals surface area (Å²) in [5, 5.41) is 14.7. The second-order valence-electron chi connectivity index (χ2n) is 8.26. The second-order valence-corrected chi connectivity index (χ2v) is 8.26. The van der Waals surface area contributed by atoms with Gasteiger partial charge in [-0.05, 0) is 56.3 Å². The van der Waals surface area contributed by atoms with Crippen LogP contribution in [0.3, 0.4) is 0 Å². The van der Waals surface area contributed by atoms with Crippen LogP contribution in [0.15, 0.2) is 59.4 Å². The van der Waals surface area contributed by atoms with Gasteiger partial charge in [-0.15, -0.1) is 0 Å². The number of para-hydroxylation sites is 1. The SMILES string of the molecule is CCN(CCCCCCn1nc(-c2cc(OC)ccc2O)ccc1=O)Cc1ccccc1OC. The number of phenols is 1. The first-order chi connectivity index (χ1) is 16.5. The van der Waals surface area contributed by atoms with Gasteiger partial charge in [-0.3, -0.25) is 9.69 Å². The molecule has 7 nitrogen and oxygen atoms in total. The van der Waals surface area contributed by atoms with E-state index in [1.807, 2.05) is 18.2 Å². The first-order valence-corrected chi connectivity index (χ1v) is 11.9. The molecule has 0 bridgehead atoms. The van der Waals surface area contributed by atoms with Crippen molar-refractivity contribution in [2.24, 2.45) is 0 Å². The lowest BCUT2D eigenvalue weighted by atomic mass is 10.1. The van der Waals surface area contributed by atoms with Gasteiger partial charge < -0.3 is 14.6 Å². The summed E-state index contributed by atoms with van der Waals surface area (Å²) in [7, 11) is 3.28. The normalized spacial score (nSPS) is 11.1. The first kappa shape index (κ1) is 25.3. The van der Waals surface area contributed by atoms with E-state index >= 15 is 0 Å². The van der Waals surface area contributed by atoms with Gasteiger partial charge in [0.05, 0.1) is 19.9 Å². The highest BCUT2D eigenvalue weighted by Gasteiger charge is 2.10. The number of aromatic hydroxyl groups is 1. The smallest absolute Gasteiger partial charge is 0.266 e. The second kappa shape index (κ2) is 12.8. The molecule has 0 saturated carbocycles. The molecule has 7 heteroatoms.